The highest BCUT2D eigenvalue weighted by atomic mass is 16.5. The first-order chi connectivity index (χ1) is 9.31. The molecule has 19 heavy (non-hydrogen) atoms. The Morgan fingerprint density at radius 2 is 2.05 bits per heavy atom. The number of hydrogen-bond donors (Lipinski definition) is 1. The van der Waals surface area contributed by atoms with Crippen LogP contribution in [0.3, 0.4) is 0 Å². The summed E-state index contributed by atoms with van der Waals surface area (Å²) in [6.07, 6.45) is 4.86. The Hall–Kier alpha value is -2.27. The predicted molar refractivity (Wildman–Crippen MR) is 70.6 cm³/mol. The Morgan fingerprint density at radius 1 is 1.26 bits per heavy atom. The van der Waals surface area contributed by atoms with E-state index < -0.39 is 0 Å². The maximum absolute atomic E-state index is 12.1. The number of pyridine rings is 2. The number of nitrogens with zero attached hydrogens (tertiary/aromatic N) is 2. The van der Waals surface area contributed by atoms with Crippen molar-refractivity contribution < 1.29 is 9.53 Å². The maximum Gasteiger partial charge on any atom is 0.252 e. The maximum atomic E-state index is 12.1. The summed E-state index contributed by atoms with van der Waals surface area (Å²) in [5.74, 6) is -0.171. The van der Waals surface area contributed by atoms with Crippen LogP contribution in [0, 0.1) is 0 Å². The number of amides is 1. The molecule has 2 heterocycles. The normalized spacial score (nSPS) is 11.8. The standard InChI is InChI=1S/C14H15N3O2/c1-19-10-13(12-4-2-3-7-16-12)17-14(18)11-5-8-15-9-6-11/h2-9,13H,10H2,1H3,(H,17,18). The quantitative estimate of drug-likeness (QED) is 0.883. The number of carbonyl (C=O) groups excluding carboxylic acids is 1. The zero-order valence-corrected chi connectivity index (χ0v) is 10.6. The molecule has 0 saturated carbocycles. The van der Waals surface area contributed by atoms with Crippen molar-refractivity contribution in [2.24, 2.45) is 0 Å². The molecule has 0 aliphatic rings. The molecule has 1 N–H and O–H groups in total. The van der Waals surface area contributed by atoms with E-state index in [1.165, 1.54) is 0 Å². The van der Waals surface area contributed by atoms with Gasteiger partial charge < -0.3 is 10.1 Å². The topological polar surface area (TPSA) is 64.1 Å². The molecule has 0 radical (unpaired) electrons. The van der Waals surface area contributed by atoms with E-state index in [1.807, 2.05) is 18.2 Å². The lowest BCUT2D eigenvalue weighted by Gasteiger charge is -2.17. The predicted octanol–water partition coefficient (Wildman–Crippen LogP) is 1.59. The van der Waals surface area contributed by atoms with Gasteiger partial charge in [0.1, 0.15) is 0 Å². The Labute approximate surface area is 111 Å². The van der Waals surface area contributed by atoms with E-state index in [0.717, 1.165) is 5.69 Å². The van der Waals surface area contributed by atoms with Crippen LogP contribution in [-0.2, 0) is 4.74 Å². The van der Waals surface area contributed by atoms with Crippen LogP contribution < -0.4 is 5.32 Å². The van der Waals surface area contributed by atoms with Crippen molar-refractivity contribution in [2.45, 2.75) is 6.04 Å². The molecule has 0 aliphatic carbocycles. The van der Waals surface area contributed by atoms with Crippen LogP contribution in [0.4, 0.5) is 0 Å². The van der Waals surface area contributed by atoms with Gasteiger partial charge in [-0.15, -0.1) is 0 Å². The van der Waals surface area contributed by atoms with Crippen LogP contribution in [-0.4, -0.2) is 29.6 Å². The van der Waals surface area contributed by atoms with E-state index in [4.69, 9.17) is 4.74 Å². The van der Waals surface area contributed by atoms with Gasteiger partial charge in [0, 0.05) is 31.3 Å². The van der Waals surface area contributed by atoms with E-state index in [-0.39, 0.29) is 11.9 Å². The van der Waals surface area contributed by atoms with Crippen LogP contribution in [0.25, 0.3) is 0 Å². The third-order valence-electron chi connectivity index (χ3n) is 2.63. The Bertz CT molecular complexity index is 517. The summed E-state index contributed by atoms with van der Waals surface area (Å²) in [4.78, 5) is 20.2. The van der Waals surface area contributed by atoms with Crippen molar-refractivity contribution in [1.82, 2.24) is 15.3 Å². The number of nitrogens with one attached hydrogen (secondary N) is 1. The van der Waals surface area contributed by atoms with Crippen LogP contribution in [0.1, 0.15) is 22.1 Å². The Kier molecular flexibility index (Phi) is 4.58. The molecular weight excluding hydrogens is 242 g/mol. The molecule has 2 aromatic heterocycles. The number of carbonyl (C=O) groups is 1. The summed E-state index contributed by atoms with van der Waals surface area (Å²) in [7, 11) is 1.59. The fourth-order valence-corrected chi connectivity index (χ4v) is 1.69. The second-order valence-electron chi connectivity index (χ2n) is 3.97. The lowest BCUT2D eigenvalue weighted by Crippen LogP contribution is -2.31. The average Bonchev–Trinajstić information content (AvgIpc) is 2.48. The van der Waals surface area contributed by atoms with Crippen molar-refractivity contribution in [3.63, 3.8) is 0 Å². The van der Waals surface area contributed by atoms with E-state index in [9.17, 15) is 4.79 Å². The summed E-state index contributed by atoms with van der Waals surface area (Å²) >= 11 is 0. The third kappa shape index (κ3) is 3.59. The van der Waals surface area contributed by atoms with Gasteiger partial charge in [-0.25, -0.2) is 0 Å². The zero-order valence-electron chi connectivity index (χ0n) is 10.6. The van der Waals surface area contributed by atoms with Crippen molar-refractivity contribution in [3.05, 3.63) is 60.2 Å². The number of hydrogen-bond acceptors (Lipinski definition) is 4. The van der Waals surface area contributed by atoms with Gasteiger partial charge in [-0.3, -0.25) is 14.8 Å². The van der Waals surface area contributed by atoms with Gasteiger partial charge in [-0.2, -0.15) is 0 Å². The fourth-order valence-electron chi connectivity index (χ4n) is 1.69. The van der Waals surface area contributed by atoms with Gasteiger partial charge in [-0.05, 0) is 24.3 Å². The molecule has 2 aromatic rings. The van der Waals surface area contributed by atoms with Crippen molar-refractivity contribution in [3.8, 4) is 0 Å². The van der Waals surface area contributed by atoms with Gasteiger partial charge in [-0.1, -0.05) is 6.07 Å². The van der Waals surface area contributed by atoms with Gasteiger partial charge in [0.05, 0.1) is 18.3 Å². The first-order valence-corrected chi connectivity index (χ1v) is 5.92. The molecule has 1 unspecified atom stereocenters. The van der Waals surface area contributed by atoms with Crippen molar-refractivity contribution >= 4 is 5.91 Å². The minimum absolute atomic E-state index is 0.171. The number of ether oxygens (including phenoxy) is 1. The van der Waals surface area contributed by atoms with Crippen LogP contribution in [0.15, 0.2) is 48.9 Å². The molecule has 5 heteroatoms. The van der Waals surface area contributed by atoms with E-state index in [2.05, 4.69) is 15.3 Å². The van der Waals surface area contributed by atoms with Gasteiger partial charge in [0.2, 0.25) is 0 Å². The Balaban J connectivity index is 2.11. The van der Waals surface area contributed by atoms with Crippen LogP contribution in [0.5, 0.6) is 0 Å². The van der Waals surface area contributed by atoms with E-state index >= 15 is 0 Å². The number of aromatic nitrogens is 2. The summed E-state index contributed by atoms with van der Waals surface area (Å²) in [5.41, 5.74) is 1.33. The second kappa shape index (κ2) is 6.61. The molecule has 0 bridgehead atoms. The van der Waals surface area contributed by atoms with Crippen LogP contribution >= 0.6 is 0 Å². The highest BCUT2D eigenvalue weighted by Crippen LogP contribution is 2.11. The Morgan fingerprint density at radius 3 is 2.68 bits per heavy atom. The van der Waals surface area contributed by atoms with Gasteiger partial charge in [0.25, 0.3) is 5.91 Å². The number of rotatable bonds is 5. The molecule has 98 valence electrons. The lowest BCUT2D eigenvalue weighted by atomic mass is 10.1. The molecule has 0 fully saturated rings. The largest absolute Gasteiger partial charge is 0.382 e. The zero-order chi connectivity index (χ0) is 13.5. The minimum atomic E-state index is -0.271. The molecule has 1 atom stereocenters. The van der Waals surface area contributed by atoms with Crippen molar-refractivity contribution in [1.29, 1.82) is 0 Å². The summed E-state index contributed by atoms with van der Waals surface area (Å²) < 4.78 is 5.13. The smallest absolute Gasteiger partial charge is 0.252 e. The molecule has 0 spiro atoms. The molecule has 2 rings (SSSR count). The lowest BCUT2D eigenvalue weighted by molar-refractivity contribution is 0.0894. The highest BCUT2D eigenvalue weighted by Gasteiger charge is 2.16. The minimum Gasteiger partial charge on any atom is -0.382 e. The molecule has 0 aromatic carbocycles. The SMILES string of the molecule is COCC(NC(=O)c1ccncc1)c1ccccn1. The summed E-state index contributed by atoms with van der Waals surface area (Å²) in [5, 5.41) is 2.90. The van der Waals surface area contributed by atoms with E-state index in [1.54, 1.807) is 37.8 Å². The molecular formula is C14H15N3O2. The first kappa shape index (κ1) is 13.2. The van der Waals surface area contributed by atoms with Gasteiger partial charge in [0.15, 0.2) is 0 Å². The number of methoxy groups -OCH3 is 1. The van der Waals surface area contributed by atoms with Gasteiger partial charge >= 0.3 is 0 Å². The summed E-state index contributed by atoms with van der Waals surface area (Å²) in [6, 6.07) is 8.62. The molecule has 0 saturated heterocycles. The second-order valence-corrected chi connectivity index (χ2v) is 3.97. The third-order valence-corrected chi connectivity index (χ3v) is 2.63. The average molecular weight is 257 g/mol. The van der Waals surface area contributed by atoms with Crippen LogP contribution in [0.2, 0.25) is 0 Å². The monoisotopic (exact) mass is 257 g/mol. The molecule has 0 aliphatic heterocycles. The highest BCUT2D eigenvalue weighted by molar-refractivity contribution is 5.94. The summed E-state index contributed by atoms with van der Waals surface area (Å²) in [6.45, 7) is 0.369. The van der Waals surface area contributed by atoms with E-state index in [0.29, 0.717) is 12.2 Å². The molecule has 1 amide bonds. The van der Waals surface area contributed by atoms with Crippen molar-refractivity contribution in [2.75, 3.05) is 13.7 Å². The molecule has 5 nitrogen and oxygen atoms in total. The first-order valence-electron chi connectivity index (χ1n) is 5.92. The fraction of sp³-hybridized carbons (Fsp3) is 0.214.